The number of aliphatic hydroxyl groups is 1. The van der Waals surface area contributed by atoms with Gasteiger partial charge in [-0.15, -0.1) is 0 Å². The summed E-state index contributed by atoms with van der Waals surface area (Å²) in [5.74, 6) is 0.988. The zero-order valence-corrected chi connectivity index (χ0v) is 20.1. The maximum Gasteiger partial charge on any atom is 0.220 e. The molecule has 2 aromatic rings. The lowest BCUT2D eigenvalue weighted by Crippen LogP contribution is -2.47. The van der Waals surface area contributed by atoms with Gasteiger partial charge in [-0.05, 0) is 88.7 Å². The van der Waals surface area contributed by atoms with Crippen LogP contribution in [0.5, 0.6) is 5.75 Å². The lowest BCUT2D eigenvalue weighted by atomic mass is 10.0. The van der Waals surface area contributed by atoms with E-state index in [0.29, 0.717) is 30.3 Å². The number of amides is 1. The van der Waals surface area contributed by atoms with E-state index in [1.54, 1.807) is 12.3 Å². The molecule has 33 heavy (non-hydrogen) atoms. The number of carbonyl (C=O) groups excluding carboxylic acids is 1. The largest absolute Gasteiger partial charge is 0.487 e. The molecular formula is C27H37N3O3. The first-order chi connectivity index (χ1) is 15.8. The molecule has 0 bridgehead atoms. The minimum atomic E-state index is -0.876. The monoisotopic (exact) mass is 451 g/mol. The van der Waals surface area contributed by atoms with E-state index in [4.69, 9.17) is 4.74 Å². The molecule has 1 aromatic carbocycles. The van der Waals surface area contributed by atoms with Crippen molar-refractivity contribution in [3.63, 3.8) is 0 Å². The van der Waals surface area contributed by atoms with Crippen molar-refractivity contribution >= 4 is 5.91 Å². The van der Waals surface area contributed by atoms with Crippen molar-refractivity contribution in [3.8, 4) is 5.75 Å². The Morgan fingerprint density at radius 3 is 2.39 bits per heavy atom. The second kappa shape index (κ2) is 10.2. The number of nitrogens with one attached hydrogen (secondary N) is 1. The molecule has 2 heterocycles. The summed E-state index contributed by atoms with van der Waals surface area (Å²) in [6, 6.07) is 11.7. The Balaban J connectivity index is 1.40. The highest BCUT2D eigenvalue weighted by atomic mass is 16.5. The molecule has 1 aromatic heterocycles. The summed E-state index contributed by atoms with van der Waals surface area (Å²) in [5.41, 5.74) is 2.94. The molecule has 0 saturated carbocycles. The topological polar surface area (TPSA) is 74.7 Å². The van der Waals surface area contributed by atoms with E-state index in [-0.39, 0.29) is 11.5 Å². The van der Waals surface area contributed by atoms with Crippen LogP contribution in [0.1, 0.15) is 63.0 Å². The molecule has 1 saturated heterocycles. The second-order valence-electron chi connectivity index (χ2n) is 10.5. The van der Waals surface area contributed by atoms with Gasteiger partial charge >= 0.3 is 0 Å². The number of rotatable bonds is 8. The maximum atomic E-state index is 13.0. The second-order valence-corrected chi connectivity index (χ2v) is 10.5. The zero-order valence-electron chi connectivity index (χ0n) is 20.1. The molecule has 1 aliphatic heterocycles. The van der Waals surface area contributed by atoms with Gasteiger partial charge in [0.15, 0.2) is 0 Å². The fourth-order valence-electron chi connectivity index (χ4n) is 4.98. The number of aliphatic hydroxyl groups excluding tert-OH is 1. The summed E-state index contributed by atoms with van der Waals surface area (Å²) >= 11 is 0. The molecule has 0 spiro atoms. The first-order valence-corrected chi connectivity index (χ1v) is 12.2. The van der Waals surface area contributed by atoms with Crippen molar-refractivity contribution in [2.24, 2.45) is 5.92 Å². The fourth-order valence-corrected chi connectivity index (χ4v) is 4.98. The van der Waals surface area contributed by atoms with Gasteiger partial charge in [-0.1, -0.05) is 24.3 Å². The van der Waals surface area contributed by atoms with Gasteiger partial charge in [0.1, 0.15) is 17.5 Å². The Bertz CT molecular complexity index is 907. The van der Waals surface area contributed by atoms with Crippen molar-refractivity contribution < 1.29 is 14.6 Å². The van der Waals surface area contributed by atoms with Crippen LogP contribution in [0.15, 0.2) is 42.6 Å². The third kappa shape index (κ3) is 6.55. The summed E-state index contributed by atoms with van der Waals surface area (Å²) in [6.07, 6.45) is 5.46. The van der Waals surface area contributed by atoms with Gasteiger partial charge in [0, 0.05) is 13.0 Å². The van der Waals surface area contributed by atoms with Gasteiger partial charge in [-0.3, -0.25) is 9.78 Å². The average Bonchev–Trinajstić information content (AvgIpc) is 3.41. The van der Waals surface area contributed by atoms with Gasteiger partial charge in [0.25, 0.3) is 0 Å². The van der Waals surface area contributed by atoms with E-state index in [1.165, 1.54) is 11.1 Å². The summed E-state index contributed by atoms with van der Waals surface area (Å²) < 4.78 is 5.85. The number of hydrogen-bond acceptors (Lipinski definition) is 5. The van der Waals surface area contributed by atoms with Crippen LogP contribution in [0.4, 0.5) is 0 Å². The highest BCUT2D eigenvalue weighted by Gasteiger charge is 2.29. The van der Waals surface area contributed by atoms with Crippen LogP contribution >= 0.6 is 0 Å². The molecule has 1 aliphatic carbocycles. The summed E-state index contributed by atoms with van der Waals surface area (Å²) in [4.78, 5) is 19.8. The molecule has 6 nitrogen and oxygen atoms in total. The molecule has 2 aliphatic rings. The van der Waals surface area contributed by atoms with E-state index in [0.717, 1.165) is 38.8 Å². The Morgan fingerprint density at radius 2 is 1.82 bits per heavy atom. The highest BCUT2D eigenvalue weighted by molar-refractivity contribution is 5.77. The van der Waals surface area contributed by atoms with Crippen LogP contribution in [0.2, 0.25) is 0 Å². The van der Waals surface area contributed by atoms with Crippen LogP contribution in [-0.4, -0.2) is 52.2 Å². The standard InChI is InChI=1S/C27H37N3O3/c1-27(2,3)33-22-10-11-23(28-17-22)26(32)24(18-30-12-6-7-13-30)29-25(31)16-19-14-20-8-4-5-9-21(20)15-19/h4-5,8-11,17,19,24,26,32H,6-7,12-16,18H2,1-3H3,(H,29,31)/t24?,26-/m0/s1. The Hall–Kier alpha value is -2.44. The van der Waals surface area contributed by atoms with Crippen molar-refractivity contribution in [2.75, 3.05) is 19.6 Å². The molecule has 1 amide bonds. The van der Waals surface area contributed by atoms with Gasteiger partial charge in [0.05, 0.1) is 17.9 Å². The SMILES string of the molecule is CC(C)(C)Oc1ccc([C@H](O)C(CN2CCCC2)NC(=O)CC2Cc3ccccc3C2)nc1. The van der Waals surface area contributed by atoms with Crippen LogP contribution < -0.4 is 10.1 Å². The summed E-state index contributed by atoms with van der Waals surface area (Å²) in [5, 5.41) is 14.3. The summed E-state index contributed by atoms with van der Waals surface area (Å²) in [7, 11) is 0. The van der Waals surface area contributed by atoms with E-state index >= 15 is 0 Å². The molecule has 4 rings (SSSR count). The molecule has 6 heteroatoms. The Morgan fingerprint density at radius 1 is 1.15 bits per heavy atom. The predicted molar refractivity (Wildman–Crippen MR) is 129 cm³/mol. The Labute approximate surface area is 197 Å². The number of hydrogen-bond donors (Lipinski definition) is 2. The number of likely N-dealkylation sites (tertiary alicyclic amines) is 1. The van der Waals surface area contributed by atoms with Crippen LogP contribution in [0.25, 0.3) is 0 Å². The summed E-state index contributed by atoms with van der Waals surface area (Å²) in [6.45, 7) is 8.59. The number of fused-ring (bicyclic) bond motifs is 1. The van der Waals surface area contributed by atoms with E-state index in [1.807, 2.05) is 26.8 Å². The fraction of sp³-hybridized carbons (Fsp3) is 0.556. The zero-order chi connectivity index (χ0) is 23.4. The number of carbonyl (C=O) groups is 1. The molecule has 0 radical (unpaired) electrons. The first-order valence-electron chi connectivity index (χ1n) is 12.2. The minimum Gasteiger partial charge on any atom is -0.487 e. The average molecular weight is 452 g/mol. The third-order valence-electron chi connectivity index (χ3n) is 6.48. The van der Waals surface area contributed by atoms with Gasteiger partial charge in [-0.25, -0.2) is 0 Å². The molecule has 1 fully saturated rings. The van der Waals surface area contributed by atoms with Crippen LogP contribution in [0, 0.1) is 5.92 Å². The number of ether oxygens (including phenoxy) is 1. The van der Waals surface area contributed by atoms with Gasteiger partial charge in [0.2, 0.25) is 5.91 Å². The van der Waals surface area contributed by atoms with Crippen molar-refractivity contribution in [1.29, 1.82) is 0 Å². The molecule has 2 atom stereocenters. The van der Waals surface area contributed by atoms with Gasteiger partial charge in [-0.2, -0.15) is 0 Å². The molecule has 1 unspecified atom stereocenters. The maximum absolute atomic E-state index is 13.0. The van der Waals surface area contributed by atoms with Gasteiger partial charge < -0.3 is 20.1 Å². The quantitative estimate of drug-likeness (QED) is 0.641. The lowest BCUT2D eigenvalue weighted by Gasteiger charge is -2.29. The van der Waals surface area contributed by atoms with Crippen molar-refractivity contribution in [3.05, 3.63) is 59.4 Å². The van der Waals surface area contributed by atoms with Crippen LogP contribution in [-0.2, 0) is 17.6 Å². The number of pyridine rings is 1. The van der Waals surface area contributed by atoms with E-state index < -0.39 is 12.1 Å². The smallest absolute Gasteiger partial charge is 0.220 e. The highest BCUT2D eigenvalue weighted by Crippen LogP contribution is 2.29. The molecular weight excluding hydrogens is 414 g/mol. The number of nitrogens with zero attached hydrogens (tertiary/aromatic N) is 2. The first kappa shape index (κ1) is 23.7. The lowest BCUT2D eigenvalue weighted by molar-refractivity contribution is -0.123. The third-order valence-corrected chi connectivity index (χ3v) is 6.48. The van der Waals surface area contributed by atoms with E-state index in [9.17, 15) is 9.90 Å². The number of benzene rings is 1. The van der Waals surface area contributed by atoms with Crippen molar-refractivity contribution in [1.82, 2.24) is 15.2 Å². The Kier molecular flexibility index (Phi) is 7.35. The molecule has 2 N–H and O–H groups in total. The van der Waals surface area contributed by atoms with Crippen molar-refractivity contribution in [2.45, 2.75) is 70.6 Å². The normalized spacial score (nSPS) is 18.7. The number of aromatic nitrogens is 1. The minimum absolute atomic E-state index is 0.00346. The van der Waals surface area contributed by atoms with Crippen LogP contribution in [0.3, 0.4) is 0 Å². The van der Waals surface area contributed by atoms with E-state index in [2.05, 4.69) is 39.5 Å². The predicted octanol–water partition coefficient (Wildman–Crippen LogP) is 3.68. The molecule has 178 valence electrons.